The Bertz CT molecular complexity index is 403. The van der Waals surface area contributed by atoms with E-state index in [1.165, 1.54) is 5.56 Å². The molecule has 0 saturated carbocycles. The van der Waals surface area contributed by atoms with Gasteiger partial charge in [0.05, 0.1) is 5.54 Å². The Balaban J connectivity index is 2.28. The summed E-state index contributed by atoms with van der Waals surface area (Å²) in [6, 6.07) is 11.0. The lowest BCUT2D eigenvalue weighted by Gasteiger charge is -2.44. The summed E-state index contributed by atoms with van der Waals surface area (Å²) in [5.74, 6) is 2.91. The first-order valence-electron chi connectivity index (χ1n) is 6.15. The molecule has 0 aliphatic carbocycles. The van der Waals surface area contributed by atoms with E-state index in [2.05, 4.69) is 60.3 Å². The highest BCUT2D eigenvalue weighted by molar-refractivity contribution is 5.22. The molecule has 1 aromatic carbocycles. The van der Waals surface area contributed by atoms with Crippen molar-refractivity contribution in [2.24, 2.45) is 0 Å². The van der Waals surface area contributed by atoms with Gasteiger partial charge in [0.15, 0.2) is 0 Å². The van der Waals surface area contributed by atoms with Crippen LogP contribution in [0.15, 0.2) is 30.3 Å². The van der Waals surface area contributed by atoms with Crippen LogP contribution < -0.4 is 5.32 Å². The van der Waals surface area contributed by atoms with E-state index in [0.29, 0.717) is 6.04 Å². The van der Waals surface area contributed by atoms with Crippen LogP contribution in [0, 0.1) is 12.3 Å². The molecule has 1 fully saturated rings. The van der Waals surface area contributed by atoms with Crippen LogP contribution in [0.1, 0.15) is 25.5 Å². The zero-order chi connectivity index (χ0) is 12.3. The first-order valence-corrected chi connectivity index (χ1v) is 6.15. The first-order chi connectivity index (χ1) is 8.15. The Morgan fingerprint density at radius 3 is 2.71 bits per heavy atom. The summed E-state index contributed by atoms with van der Waals surface area (Å²) in [6.45, 7) is 7.21. The SMILES string of the molecule is C#CC(C)(C)N1CCNCC1c1ccccc1. The predicted molar refractivity (Wildman–Crippen MR) is 71.7 cm³/mol. The lowest BCUT2D eigenvalue weighted by molar-refractivity contribution is 0.0851. The Labute approximate surface area is 104 Å². The van der Waals surface area contributed by atoms with E-state index < -0.39 is 0 Å². The molecule has 17 heavy (non-hydrogen) atoms. The van der Waals surface area contributed by atoms with Crippen molar-refractivity contribution in [3.8, 4) is 12.3 Å². The van der Waals surface area contributed by atoms with Gasteiger partial charge in [-0.05, 0) is 19.4 Å². The number of piperazine rings is 1. The van der Waals surface area contributed by atoms with Gasteiger partial charge in [-0.1, -0.05) is 36.3 Å². The standard InChI is InChI=1S/C15H20N2/c1-4-15(2,3)17-11-10-16-12-14(17)13-8-6-5-7-9-13/h1,5-9,14,16H,10-12H2,2-3H3. The third kappa shape index (κ3) is 2.52. The van der Waals surface area contributed by atoms with Crippen LogP contribution >= 0.6 is 0 Å². The fraction of sp³-hybridized carbons (Fsp3) is 0.467. The Hall–Kier alpha value is -1.30. The van der Waals surface area contributed by atoms with Crippen molar-refractivity contribution in [2.75, 3.05) is 19.6 Å². The number of terminal acetylenes is 1. The van der Waals surface area contributed by atoms with Gasteiger partial charge in [-0.3, -0.25) is 4.90 Å². The number of nitrogens with zero attached hydrogens (tertiary/aromatic N) is 1. The van der Waals surface area contributed by atoms with E-state index in [1.807, 2.05) is 0 Å². The predicted octanol–water partition coefficient (Wildman–Crippen LogP) is 2.04. The van der Waals surface area contributed by atoms with Crippen LogP contribution in [0.2, 0.25) is 0 Å². The highest BCUT2D eigenvalue weighted by Gasteiger charge is 2.33. The Kier molecular flexibility index (Phi) is 3.51. The summed E-state index contributed by atoms with van der Waals surface area (Å²) in [4.78, 5) is 2.42. The largest absolute Gasteiger partial charge is 0.314 e. The number of nitrogens with one attached hydrogen (secondary N) is 1. The minimum absolute atomic E-state index is 0.192. The van der Waals surface area contributed by atoms with Crippen molar-refractivity contribution in [3.05, 3.63) is 35.9 Å². The molecule has 0 aromatic heterocycles. The van der Waals surface area contributed by atoms with Crippen LogP contribution in [0.25, 0.3) is 0 Å². The minimum atomic E-state index is -0.192. The molecule has 1 aromatic rings. The van der Waals surface area contributed by atoms with Gasteiger partial charge in [0, 0.05) is 25.7 Å². The smallest absolute Gasteiger partial charge is 0.0772 e. The summed E-state index contributed by atoms with van der Waals surface area (Å²) in [6.07, 6.45) is 5.67. The summed E-state index contributed by atoms with van der Waals surface area (Å²) in [5, 5.41) is 3.45. The summed E-state index contributed by atoms with van der Waals surface area (Å²) in [5.41, 5.74) is 1.14. The summed E-state index contributed by atoms with van der Waals surface area (Å²) < 4.78 is 0. The second-order valence-corrected chi connectivity index (χ2v) is 5.03. The molecule has 1 unspecified atom stereocenters. The van der Waals surface area contributed by atoms with E-state index in [4.69, 9.17) is 6.42 Å². The lowest BCUT2D eigenvalue weighted by Crippen LogP contribution is -2.54. The van der Waals surface area contributed by atoms with E-state index in [9.17, 15) is 0 Å². The normalized spacial score (nSPS) is 22.1. The van der Waals surface area contributed by atoms with Gasteiger partial charge in [-0.2, -0.15) is 0 Å². The molecule has 1 saturated heterocycles. The van der Waals surface area contributed by atoms with Gasteiger partial charge in [-0.15, -0.1) is 6.42 Å². The maximum absolute atomic E-state index is 5.67. The van der Waals surface area contributed by atoms with Crippen molar-refractivity contribution in [3.63, 3.8) is 0 Å². The maximum atomic E-state index is 5.67. The molecule has 1 aliphatic rings. The molecule has 2 nitrogen and oxygen atoms in total. The van der Waals surface area contributed by atoms with Crippen molar-refractivity contribution >= 4 is 0 Å². The zero-order valence-electron chi connectivity index (χ0n) is 10.6. The van der Waals surface area contributed by atoms with Crippen LogP contribution in [0.5, 0.6) is 0 Å². The molecule has 1 heterocycles. The van der Waals surface area contributed by atoms with Crippen LogP contribution in [-0.2, 0) is 0 Å². The second kappa shape index (κ2) is 4.91. The van der Waals surface area contributed by atoms with Gasteiger partial charge in [0.2, 0.25) is 0 Å². The van der Waals surface area contributed by atoms with Gasteiger partial charge >= 0.3 is 0 Å². The highest BCUT2D eigenvalue weighted by Crippen LogP contribution is 2.28. The van der Waals surface area contributed by atoms with Crippen LogP contribution in [-0.4, -0.2) is 30.1 Å². The van der Waals surface area contributed by atoms with Crippen molar-refractivity contribution in [1.29, 1.82) is 0 Å². The molecule has 0 amide bonds. The van der Waals surface area contributed by atoms with Crippen molar-refractivity contribution in [1.82, 2.24) is 10.2 Å². The quantitative estimate of drug-likeness (QED) is 0.779. The molecule has 1 aliphatic heterocycles. The highest BCUT2D eigenvalue weighted by atomic mass is 15.3. The molecule has 1 atom stereocenters. The minimum Gasteiger partial charge on any atom is -0.314 e. The average Bonchev–Trinajstić information content (AvgIpc) is 2.40. The third-order valence-corrected chi connectivity index (χ3v) is 3.50. The lowest BCUT2D eigenvalue weighted by atomic mass is 9.95. The molecule has 1 N–H and O–H groups in total. The molecule has 2 rings (SSSR count). The fourth-order valence-corrected chi connectivity index (χ4v) is 2.43. The molecule has 90 valence electrons. The van der Waals surface area contributed by atoms with Crippen molar-refractivity contribution < 1.29 is 0 Å². The van der Waals surface area contributed by atoms with Crippen LogP contribution in [0.3, 0.4) is 0 Å². The van der Waals surface area contributed by atoms with Gasteiger partial charge in [0.25, 0.3) is 0 Å². The maximum Gasteiger partial charge on any atom is 0.0772 e. The van der Waals surface area contributed by atoms with E-state index in [0.717, 1.165) is 19.6 Å². The summed E-state index contributed by atoms with van der Waals surface area (Å²) in [7, 11) is 0. The molecular formula is C15H20N2. The van der Waals surface area contributed by atoms with Gasteiger partial charge in [0.1, 0.15) is 0 Å². The topological polar surface area (TPSA) is 15.3 Å². The molecule has 0 bridgehead atoms. The third-order valence-electron chi connectivity index (χ3n) is 3.50. The number of hydrogen-bond acceptors (Lipinski definition) is 2. The van der Waals surface area contributed by atoms with Crippen LogP contribution in [0.4, 0.5) is 0 Å². The molecule has 0 spiro atoms. The van der Waals surface area contributed by atoms with Crippen molar-refractivity contribution in [2.45, 2.75) is 25.4 Å². The number of rotatable bonds is 2. The van der Waals surface area contributed by atoms with E-state index in [-0.39, 0.29) is 5.54 Å². The Morgan fingerprint density at radius 1 is 1.35 bits per heavy atom. The second-order valence-electron chi connectivity index (χ2n) is 5.03. The molecular weight excluding hydrogens is 208 g/mol. The van der Waals surface area contributed by atoms with Gasteiger partial charge < -0.3 is 5.32 Å². The fourth-order valence-electron chi connectivity index (χ4n) is 2.43. The Morgan fingerprint density at radius 2 is 2.06 bits per heavy atom. The number of benzene rings is 1. The van der Waals surface area contributed by atoms with E-state index >= 15 is 0 Å². The zero-order valence-corrected chi connectivity index (χ0v) is 10.6. The molecule has 0 radical (unpaired) electrons. The molecule has 2 heteroatoms. The van der Waals surface area contributed by atoms with Gasteiger partial charge in [-0.25, -0.2) is 0 Å². The monoisotopic (exact) mass is 228 g/mol. The first kappa shape index (κ1) is 12.2. The average molecular weight is 228 g/mol. The number of hydrogen-bond donors (Lipinski definition) is 1. The summed E-state index contributed by atoms with van der Waals surface area (Å²) >= 11 is 0. The van der Waals surface area contributed by atoms with E-state index in [1.54, 1.807) is 0 Å².